The van der Waals surface area contributed by atoms with E-state index < -0.39 is 0 Å². The molecule has 1 aromatic rings. The first kappa shape index (κ1) is 6.15. The minimum Gasteiger partial charge on any atom is -0.472 e. The van der Waals surface area contributed by atoms with Gasteiger partial charge in [0.1, 0.15) is 0 Å². The van der Waals surface area contributed by atoms with Crippen molar-refractivity contribution in [2.75, 3.05) is 7.11 Å². The molecule has 48 valence electrons. The summed E-state index contributed by atoms with van der Waals surface area (Å²) >= 11 is 1.12. The van der Waals surface area contributed by atoms with Crippen LogP contribution in [0.1, 0.15) is 9.80 Å². The zero-order valence-electron chi connectivity index (χ0n) is 4.70. The number of methoxy groups -OCH3 is 1. The standard InChI is InChI=1S/C4H4N2O2S/c1-8-4-6-5-3(2-7)9-4/h2H,1H3. The summed E-state index contributed by atoms with van der Waals surface area (Å²) in [7, 11) is 1.48. The number of carbonyl (C=O) groups excluding carboxylic acids is 1. The van der Waals surface area contributed by atoms with Crippen molar-refractivity contribution in [3.63, 3.8) is 0 Å². The normalized spacial score (nSPS) is 9.00. The van der Waals surface area contributed by atoms with Crippen molar-refractivity contribution < 1.29 is 9.53 Å². The van der Waals surface area contributed by atoms with Crippen LogP contribution in [0.5, 0.6) is 5.19 Å². The molecule has 0 radical (unpaired) electrons. The summed E-state index contributed by atoms with van der Waals surface area (Å²) in [6.45, 7) is 0. The van der Waals surface area contributed by atoms with Gasteiger partial charge < -0.3 is 4.74 Å². The van der Waals surface area contributed by atoms with Crippen LogP contribution in [0.2, 0.25) is 0 Å². The molecule has 0 fully saturated rings. The molecular formula is C4H4N2O2S. The van der Waals surface area contributed by atoms with Crippen molar-refractivity contribution in [1.82, 2.24) is 10.2 Å². The molecule has 0 aromatic carbocycles. The number of nitrogens with zero attached hydrogens (tertiary/aromatic N) is 2. The Morgan fingerprint density at radius 2 is 2.44 bits per heavy atom. The lowest BCUT2D eigenvalue weighted by Crippen LogP contribution is -1.79. The van der Waals surface area contributed by atoms with E-state index in [0.29, 0.717) is 16.5 Å². The van der Waals surface area contributed by atoms with Crippen molar-refractivity contribution in [2.24, 2.45) is 0 Å². The number of hydrogen-bond donors (Lipinski definition) is 0. The number of aldehydes is 1. The lowest BCUT2D eigenvalue weighted by molar-refractivity contribution is 0.112. The summed E-state index contributed by atoms with van der Waals surface area (Å²) in [6.07, 6.45) is 0.639. The van der Waals surface area contributed by atoms with E-state index in [2.05, 4.69) is 14.9 Å². The molecule has 0 saturated heterocycles. The Bertz CT molecular complexity index is 210. The average molecular weight is 144 g/mol. The van der Waals surface area contributed by atoms with Gasteiger partial charge >= 0.3 is 0 Å². The Morgan fingerprint density at radius 3 is 2.78 bits per heavy atom. The number of hydrogen-bond acceptors (Lipinski definition) is 5. The zero-order chi connectivity index (χ0) is 6.69. The largest absolute Gasteiger partial charge is 0.472 e. The number of ether oxygens (including phenoxy) is 1. The lowest BCUT2D eigenvalue weighted by Gasteiger charge is -1.82. The van der Waals surface area contributed by atoms with Crippen molar-refractivity contribution in [3.05, 3.63) is 5.01 Å². The third kappa shape index (κ3) is 1.23. The van der Waals surface area contributed by atoms with Gasteiger partial charge in [0.15, 0.2) is 11.3 Å². The van der Waals surface area contributed by atoms with Crippen LogP contribution in [-0.4, -0.2) is 23.6 Å². The van der Waals surface area contributed by atoms with Gasteiger partial charge in [0, 0.05) is 0 Å². The predicted molar refractivity (Wildman–Crippen MR) is 31.8 cm³/mol. The Morgan fingerprint density at radius 1 is 1.67 bits per heavy atom. The highest BCUT2D eigenvalue weighted by molar-refractivity contribution is 7.14. The van der Waals surface area contributed by atoms with Crippen LogP contribution in [-0.2, 0) is 0 Å². The number of rotatable bonds is 2. The Labute approximate surface area is 55.5 Å². The van der Waals surface area contributed by atoms with E-state index in [0.717, 1.165) is 11.3 Å². The fourth-order valence-electron chi connectivity index (χ4n) is 0.351. The molecule has 0 spiro atoms. The second-order valence-corrected chi connectivity index (χ2v) is 2.20. The highest BCUT2D eigenvalue weighted by atomic mass is 32.1. The summed E-state index contributed by atoms with van der Waals surface area (Å²) in [5.74, 6) is 0. The van der Waals surface area contributed by atoms with Crippen LogP contribution in [0.4, 0.5) is 0 Å². The maximum Gasteiger partial charge on any atom is 0.294 e. The molecule has 1 rings (SSSR count). The minimum absolute atomic E-state index is 0.340. The number of aromatic nitrogens is 2. The van der Waals surface area contributed by atoms with E-state index >= 15 is 0 Å². The van der Waals surface area contributed by atoms with Gasteiger partial charge in [0.05, 0.1) is 7.11 Å². The van der Waals surface area contributed by atoms with Gasteiger partial charge in [-0.15, -0.1) is 5.10 Å². The topological polar surface area (TPSA) is 52.1 Å². The van der Waals surface area contributed by atoms with Gasteiger partial charge in [-0.1, -0.05) is 16.4 Å². The molecule has 0 atom stereocenters. The molecule has 1 heterocycles. The van der Waals surface area contributed by atoms with Crippen LogP contribution >= 0.6 is 11.3 Å². The van der Waals surface area contributed by atoms with Gasteiger partial charge in [-0.05, 0) is 0 Å². The summed E-state index contributed by atoms with van der Waals surface area (Å²) in [5, 5.41) is 7.76. The van der Waals surface area contributed by atoms with Gasteiger partial charge in [-0.2, -0.15) is 0 Å². The molecule has 4 nitrogen and oxygen atoms in total. The first-order chi connectivity index (χ1) is 4.36. The van der Waals surface area contributed by atoms with E-state index in [-0.39, 0.29) is 0 Å². The van der Waals surface area contributed by atoms with Gasteiger partial charge in [-0.25, -0.2) is 0 Å². The quantitative estimate of drug-likeness (QED) is 0.562. The molecule has 0 bridgehead atoms. The van der Waals surface area contributed by atoms with Crippen molar-refractivity contribution in [2.45, 2.75) is 0 Å². The molecule has 0 aliphatic heterocycles. The first-order valence-electron chi connectivity index (χ1n) is 2.19. The summed E-state index contributed by atoms with van der Waals surface area (Å²) in [6, 6.07) is 0. The van der Waals surface area contributed by atoms with Crippen molar-refractivity contribution >= 4 is 17.6 Å². The molecule has 0 unspecified atom stereocenters. The second kappa shape index (κ2) is 2.54. The van der Waals surface area contributed by atoms with Crippen LogP contribution < -0.4 is 4.74 Å². The van der Waals surface area contributed by atoms with E-state index in [9.17, 15) is 4.79 Å². The molecule has 0 aliphatic carbocycles. The Hall–Kier alpha value is -0.970. The monoisotopic (exact) mass is 144 g/mol. The maximum atomic E-state index is 9.99. The Balaban J connectivity index is 2.86. The van der Waals surface area contributed by atoms with E-state index in [4.69, 9.17) is 0 Å². The smallest absolute Gasteiger partial charge is 0.294 e. The fourth-order valence-corrected chi connectivity index (χ4v) is 0.824. The summed E-state index contributed by atoms with van der Waals surface area (Å²) in [4.78, 5) is 9.99. The van der Waals surface area contributed by atoms with Crippen LogP contribution in [0.25, 0.3) is 0 Å². The summed E-state index contributed by atoms with van der Waals surface area (Å²) < 4.78 is 4.68. The minimum atomic E-state index is 0.340. The zero-order valence-corrected chi connectivity index (χ0v) is 5.51. The second-order valence-electron chi connectivity index (χ2n) is 1.23. The highest BCUT2D eigenvalue weighted by Crippen LogP contribution is 2.14. The SMILES string of the molecule is COc1nnc(C=O)s1. The molecular weight excluding hydrogens is 140 g/mol. The van der Waals surface area contributed by atoms with E-state index in [1.807, 2.05) is 0 Å². The predicted octanol–water partition coefficient (Wildman–Crippen LogP) is 0.359. The molecule has 0 aliphatic rings. The maximum absolute atomic E-state index is 9.99. The number of carbonyl (C=O) groups is 1. The third-order valence-corrected chi connectivity index (χ3v) is 1.51. The molecule has 1 aromatic heterocycles. The molecule has 9 heavy (non-hydrogen) atoms. The van der Waals surface area contributed by atoms with Crippen molar-refractivity contribution in [1.29, 1.82) is 0 Å². The summed E-state index contributed by atoms with van der Waals surface area (Å²) in [5.41, 5.74) is 0. The van der Waals surface area contributed by atoms with Gasteiger partial charge in [-0.3, -0.25) is 4.79 Å². The average Bonchev–Trinajstić information content (AvgIpc) is 2.34. The molecule has 0 saturated carbocycles. The third-order valence-electron chi connectivity index (χ3n) is 0.698. The Kier molecular flexibility index (Phi) is 1.74. The molecule has 0 amide bonds. The van der Waals surface area contributed by atoms with Crippen LogP contribution in [0.15, 0.2) is 0 Å². The highest BCUT2D eigenvalue weighted by Gasteiger charge is 1.99. The van der Waals surface area contributed by atoms with E-state index in [1.54, 1.807) is 0 Å². The van der Waals surface area contributed by atoms with Gasteiger partial charge in [0.25, 0.3) is 5.19 Å². The molecule has 0 N–H and O–H groups in total. The van der Waals surface area contributed by atoms with Crippen LogP contribution in [0, 0.1) is 0 Å². The van der Waals surface area contributed by atoms with E-state index in [1.165, 1.54) is 7.11 Å². The molecule has 5 heteroatoms. The first-order valence-corrected chi connectivity index (χ1v) is 3.01. The fraction of sp³-hybridized carbons (Fsp3) is 0.250. The van der Waals surface area contributed by atoms with Gasteiger partial charge in [0.2, 0.25) is 0 Å². The lowest BCUT2D eigenvalue weighted by atomic mass is 10.8. The van der Waals surface area contributed by atoms with Crippen molar-refractivity contribution in [3.8, 4) is 5.19 Å². The van der Waals surface area contributed by atoms with Crippen LogP contribution in [0.3, 0.4) is 0 Å².